The minimum absolute atomic E-state index is 0.0424. The average molecular weight is 351 g/mol. The monoisotopic (exact) mass is 351 g/mol. The molecule has 1 atom stereocenters. The summed E-state index contributed by atoms with van der Waals surface area (Å²) in [5.41, 5.74) is 0.440. The summed E-state index contributed by atoms with van der Waals surface area (Å²) >= 11 is 0. The van der Waals surface area contributed by atoms with E-state index in [1.54, 1.807) is 23.3 Å². The van der Waals surface area contributed by atoms with Crippen molar-refractivity contribution in [3.63, 3.8) is 0 Å². The normalized spacial score (nSPS) is 17.4. The van der Waals surface area contributed by atoms with E-state index < -0.39 is 0 Å². The fourth-order valence-electron chi connectivity index (χ4n) is 3.49. The van der Waals surface area contributed by atoms with Crippen molar-refractivity contribution in [2.45, 2.75) is 32.2 Å². The molecule has 134 valence electrons. The van der Waals surface area contributed by atoms with Gasteiger partial charge in [0.25, 0.3) is 5.91 Å². The van der Waals surface area contributed by atoms with Crippen molar-refractivity contribution in [3.8, 4) is 5.82 Å². The molecule has 0 unspecified atom stereocenters. The molecule has 1 aliphatic rings. The van der Waals surface area contributed by atoms with Gasteiger partial charge in [-0.15, -0.1) is 10.2 Å². The maximum atomic E-state index is 13.0. The predicted octanol–water partition coefficient (Wildman–Crippen LogP) is 1.90. The first-order valence-corrected chi connectivity index (χ1v) is 8.88. The number of carbonyl (C=O) groups excluding carboxylic acids is 1. The number of likely N-dealkylation sites (tertiary alicyclic amines) is 1. The first-order chi connectivity index (χ1) is 12.8. The van der Waals surface area contributed by atoms with Crippen LogP contribution in [0.25, 0.3) is 5.82 Å². The molecule has 1 saturated heterocycles. The number of rotatable bonds is 4. The maximum Gasteiger partial charge on any atom is 0.272 e. The van der Waals surface area contributed by atoms with Crippen LogP contribution in [-0.4, -0.2) is 53.2 Å². The highest BCUT2D eigenvalue weighted by atomic mass is 16.2. The van der Waals surface area contributed by atoms with Gasteiger partial charge in [0.1, 0.15) is 30.0 Å². The third kappa shape index (κ3) is 3.10. The van der Waals surface area contributed by atoms with Crippen LogP contribution in [0.15, 0.2) is 43.2 Å². The summed E-state index contributed by atoms with van der Waals surface area (Å²) in [6.07, 6.45) is 8.99. The number of pyridine rings is 1. The number of imidazole rings is 1. The molecular weight excluding hydrogens is 330 g/mol. The van der Waals surface area contributed by atoms with E-state index in [1.165, 1.54) is 0 Å². The number of hydrogen-bond donors (Lipinski definition) is 0. The number of piperidine rings is 1. The van der Waals surface area contributed by atoms with Crippen molar-refractivity contribution in [3.05, 3.63) is 54.8 Å². The van der Waals surface area contributed by atoms with Crippen LogP contribution in [0.5, 0.6) is 0 Å². The second-order valence-corrected chi connectivity index (χ2v) is 6.41. The van der Waals surface area contributed by atoms with Gasteiger partial charge in [-0.05, 0) is 31.9 Å². The van der Waals surface area contributed by atoms with Gasteiger partial charge in [-0.3, -0.25) is 9.36 Å². The minimum atomic E-state index is -0.0424. The van der Waals surface area contributed by atoms with Gasteiger partial charge in [-0.25, -0.2) is 9.97 Å². The van der Waals surface area contributed by atoms with Gasteiger partial charge in [0.2, 0.25) is 0 Å². The van der Waals surface area contributed by atoms with E-state index in [9.17, 15) is 4.79 Å². The molecule has 1 fully saturated rings. The Morgan fingerprint density at radius 1 is 1.27 bits per heavy atom. The molecule has 1 amide bonds. The Hall–Kier alpha value is -3.03. The highest BCUT2D eigenvalue weighted by molar-refractivity contribution is 5.92. The second kappa shape index (κ2) is 7.07. The number of carbonyl (C=O) groups is 1. The molecule has 1 aliphatic heterocycles. The summed E-state index contributed by atoms with van der Waals surface area (Å²) in [4.78, 5) is 23.9. The molecule has 0 bridgehead atoms. The van der Waals surface area contributed by atoms with Crippen molar-refractivity contribution in [1.29, 1.82) is 0 Å². The summed E-state index contributed by atoms with van der Waals surface area (Å²) in [7, 11) is 0. The van der Waals surface area contributed by atoms with Crippen LogP contribution in [0.1, 0.15) is 42.0 Å². The molecule has 4 heterocycles. The van der Waals surface area contributed by atoms with Gasteiger partial charge in [0.15, 0.2) is 0 Å². The lowest BCUT2D eigenvalue weighted by atomic mass is 9.96. The molecule has 8 nitrogen and oxygen atoms in total. The Bertz CT molecular complexity index is 887. The molecule has 0 spiro atoms. The van der Waals surface area contributed by atoms with Crippen LogP contribution in [0.2, 0.25) is 0 Å². The first-order valence-electron chi connectivity index (χ1n) is 8.88. The number of nitrogens with zero attached hydrogens (tertiary/aromatic N) is 7. The van der Waals surface area contributed by atoms with Gasteiger partial charge in [-0.2, -0.15) is 0 Å². The molecule has 0 aromatic carbocycles. The molecule has 8 heteroatoms. The molecule has 0 N–H and O–H groups in total. The smallest absolute Gasteiger partial charge is 0.272 e. The van der Waals surface area contributed by atoms with Crippen LogP contribution in [0.4, 0.5) is 0 Å². The molecule has 4 rings (SSSR count). The van der Waals surface area contributed by atoms with Crippen molar-refractivity contribution < 1.29 is 4.79 Å². The molecule has 0 aliphatic carbocycles. The molecule has 3 aromatic rings. The van der Waals surface area contributed by atoms with Crippen LogP contribution in [0, 0.1) is 0 Å². The van der Waals surface area contributed by atoms with Gasteiger partial charge >= 0.3 is 0 Å². The molecule has 0 saturated carbocycles. The van der Waals surface area contributed by atoms with E-state index in [2.05, 4.69) is 31.7 Å². The van der Waals surface area contributed by atoms with Crippen molar-refractivity contribution in [2.24, 2.45) is 0 Å². The Balaban J connectivity index is 1.54. The zero-order chi connectivity index (χ0) is 17.9. The fourth-order valence-corrected chi connectivity index (χ4v) is 3.49. The second-order valence-electron chi connectivity index (χ2n) is 6.41. The lowest BCUT2D eigenvalue weighted by Crippen LogP contribution is -2.40. The largest absolute Gasteiger partial charge is 0.337 e. The SMILES string of the molecule is CCn1ccnc1[C@H]1CCCN(C(=O)c2cccc(-n3cnnc3)n2)C1. The van der Waals surface area contributed by atoms with E-state index in [0.29, 0.717) is 18.1 Å². The van der Waals surface area contributed by atoms with Crippen LogP contribution < -0.4 is 0 Å². The Morgan fingerprint density at radius 2 is 2.12 bits per heavy atom. The number of amides is 1. The minimum Gasteiger partial charge on any atom is -0.337 e. The molecule has 26 heavy (non-hydrogen) atoms. The third-order valence-electron chi connectivity index (χ3n) is 4.80. The predicted molar refractivity (Wildman–Crippen MR) is 94.9 cm³/mol. The van der Waals surface area contributed by atoms with Crippen molar-refractivity contribution in [2.75, 3.05) is 13.1 Å². The Labute approximate surface area is 151 Å². The zero-order valence-electron chi connectivity index (χ0n) is 14.7. The highest BCUT2D eigenvalue weighted by Gasteiger charge is 2.28. The van der Waals surface area contributed by atoms with E-state index in [0.717, 1.165) is 31.8 Å². The van der Waals surface area contributed by atoms with Crippen molar-refractivity contribution in [1.82, 2.24) is 34.2 Å². The van der Waals surface area contributed by atoms with Crippen LogP contribution in [-0.2, 0) is 6.54 Å². The van der Waals surface area contributed by atoms with E-state index >= 15 is 0 Å². The molecular formula is C18H21N7O. The topological polar surface area (TPSA) is 81.7 Å². The Morgan fingerprint density at radius 3 is 2.92 bits per heavy atom. The van der Waals surface area contributed by atoms with E-state index in [-0.39, 0.29) is 11.8 Å². The lowest BCUT2D eigenvalue weighted by Gasteiger charge is -2.32. The van der Waals surface area contributed by atoms with Crippen LogP contribution >= 0.6 is 0 Å². The van der Waals surface area contributed by atoms with E-state index in [1.807, 2.05) is 29.4 Å². The number of aryl methyl sites for hydroxylation is 1. The maximum absolute atomic E-state index is 13.0. The van der Waals surface area contributed by atoms with Crippen LogP contribution in [0.3, 0.4) is 0 Å². The standard InChI is InChI=1S/C18H21N7O/c1-2-23-10-8-19-17(23)14-5-4-9-24(11-14)18(26)15-6-3-7-16(22-15)25-12-20-21-13-25/h3,6-8,10,12-14H,2,4-5,9,11H2,1H3/t14-/m0/s1. The fraction of sp³-hybridized carbons (Fsp3) is 0.389. The average Bonchev–Trinajstić information content (AvgIpc) is 3.39. The van der Waals surface area contributed by atoms with Gasteiger partial charge in [0.05, 0.1) is 0 Å². The summed E-state index contributed by atoms with van der Waals surface area (Å²) in [6, 6.07) is 5.42. The first kappa shape index (κ1) is 16.4. The Kier molecular flexibility index (Phi) is 4.47. The number of aromatic nitrogens is 6. The summed E-state index contributed by atoms with van der Waals surface area (Å²) in [6.45, 7) is 4.43. The van der Waals surface area contributed by atoms with Gasteiger partial charge < -0.3 is 9.47 Å². The number of hydrogen-bond acceptors (Lipinski definition) is 5. The summed E-state index contributed by atoms with van der Waals surface area (Å²) in [5, 5.41) is 7.57. The lowest BCUT2D eigenvalue weighted by molar-refractivity contribution is 0.0697. The summed E-state index contributed by atoms with van der Waals surface area (Å²) < 4.78 is 3.84. The quantitative estimate of drug-likeness (QED) is 0.717. The highest BCUT2D eigenvalue weighted by Crippen LogP contribution is 2.26. The van der Waals surface area contributed by atoms with Gasteiger partial charge in [0, 0.05) is 37.9 Å². The summed E-state index contributed by atoms with van der Waals surface area (Å²) in [5.74, 6) is 1.93. The molecule has 0 radical (unpaired) electrons. The molecule has 3 aromatic heterocycles. The zero-order valence-corrected chi connectivity index (χ0v) is 14.7. The van der Waals surface area contributed by atoms with Gasteiger partial charge in [-0.1, -0.05) is 6.07 Å². The van der Waals surface area contributed by atoms with E-state index in [4.69, 9.17) is 0 Å². The third-order valence-corrected chi connectivity index (χ3v) is 4.80. The van der Waals surface area contributed by atoms with Crippen molar-refractivity contribution >= 4 is 5.91 Å².